The molecule has 3 aromatic rings. The predicted molar refractivity (Wildman–Crippen MR) is 81.9 cm³/mol. The van der Waals surface area contributed by atoms with Crippen molar-refractivity contribution >= 4 is 0 Å². The van der Waals surface area contributed by atoms with Crippen molar-refractivity contribution in [2.24, 2.45) is 0 Å². The molecule has 0 saturated heterocycles. The Bertz CT molecular complexity index is 843. The second-order valence-corrected chi connectivity index (χ2v) is 5.26. The van der Waals surface area contributed by atoms with Crippen LogP contribution in [0.1, 0.15) is 17.0 Å². The first-order valence-corrected chi connectivity index (χ1v) is 7.29. The molecule has 3 rings (SSSR count). The number of hydrogen-bond donors (Lipinski definition) is 1. The third-order valence-corrected chi connectivity index (χ3v) is 3.70. The Morgan fingerprint density at radius 2 is 1.67 bits per heavy atom. The number of alkyl halides is 3. The Kier molecular flexibility index (Phi) is 4.24. The molecular weight excluding hydrogens is 319 g/mol. The number of aromatic hydroxyl groups is 1. The number of hydrogen-bond acceptors (Lipinski definition) is 3. The molecule has 7 heteroatoms. The number of para-hydroxylation sites is 2. The number of aromatic nitrogens is 3. The number of benzene rings is 2. The van der Waals surface area contributed by atoms with E-state index in [4.69, 9.17) is 0 Å². The van der Waals surface area contributed by atoms with E-state index in [1.807, 2.05) is 0 Å². The van der Waals surface area contributed by atoms with E-state index in [1.54, 1.807) is 24.3 Å². The zero-order valence-corrected chi connectivity index (χ0v) is 12.5. The summed E-state index contributed by atoms with van der Waals surface area (Å²) >= 11 is 0. The molecule has 0 amide bonds. The van der Waals surface area contributed by atoms with Gasteiger partial charge in [0.1, 0.15) is 17.9 Å². The second kappa shape index (κ2) is 6.35. The molecule has 124 valence electrons. The van der Waals surface area contributed by atoms with Crippen LogP contribution >= 0.6 is 0 Å². The van der Waals surface area contributed by atoms with Gasteiger partial charge in [-0.15, -0.1) is 10.2 Å². The predicted octanol–water partition coefficient (Wildman–Crippen LogP) is 3.78. The average molecular weight is 333 g/mol. The number of halogens is 3. The average Bonchev–Trinajstić information content (AvgIpc) is 3.02. The molecule has 1 heterocycles. The molecule has 0 saturated carbocycles. The molecule has 1 aromatic heterocycles. The molecule has 1 N–H and O–H groups in total. The first-order valence-electron chi connectivity index (χ1n) is 7.29. The number of rotatable bonds is 4. The molecule has 0 fully saturated rings. The van der Waals surface area contributed by atoms with Gasteiger partial charge in [0.25, 0.3) is 0 Å². The number of nitrogens with zero attached hydrogens (tertiary/aromatic N) is 3. The third-order valence-electron chi connectivity index (χ3n) is 3.70. The highest BCUT2D eigenvalue weighted by molar-refractivity contribution is 5.43. The maximum atomic E-state index is 13.2. The van der Waals surface area contributed by atoms with Crippen molar-refractivity contribution in [2.45, 2.75) is 19.0 Å². The minimum atomic E-state index is -4.46. The second-order valence-electron chi connectivity index (χ2n) is 5.26. The van der Waals surface area contributed by atoms with Crippen LogP contribution in [0.25, 0.3) is 5.69 Å². The quantitative estimate of drug-likeness (QED) is 0.790. The van der Waals surface area contributed by atoms with Crippen LogP contribution in [0, 0.1) is 0 Å². The lowest BCUT2D eigenvalue weighted by Crippen LogP contribution is -2.12. The van der Waals surface area contributed by atoms with Gasteiger partial charge in [-0.3, -0.25) is 4.57 Å². The van der Waals surface area contributed by atoms with Crippen LogP contribution in [0.5, 0.6) is 5.75 Å². The molecule has 0 aliphatic heterocycles. The van der Waals surface area contributed by atoms with E-state index in [2.05, 4.69) is 10.2 Å². The lowest BCUT2D eigenvalue weighted by atomic mass is 10.1. The largest absolute Gasteiger partial charge is 0.508 e. The fraction of sp³-hybridized carbons (Fsp3) is 0.176. The minimum Gasteiger partial charge on any atom is -0.508 e. The molecule has 0 spiro atoms. The molecule has 0 bridgehead atoms. The Balaban J connectivity index is 1.91. The highest BCUT2D eigenvalue weighted by Crippen LogP contribution is 2.34. The zero-order valence-electron chi connectivity index (χ0n) is 12.5. The van der Waals surface area contributed by atoms with Gasteiger partial charge in [-0.2, -0.15) is 13.2 Å². The molecule has 0 atom stereocenters. The van der Waals surface area contributed by atoms with Gasteiger partial charge in [0.2, 0.25) is 0 Å². The molecule has 24 heavy (non-hydrogen) atoms. The van der Waals surface area contributed by atoms with Crippen LogP contribution in [0.15, 0.2) is 54.9 Å². The van der Waals surface area contributed by atoms with Gasteiger partial charge in [-0.05, 0) is 30.2 Å². The van der Waals surface area contributed by atoms with Crippen molar-refractivity contribution < 1.29 is 18.3 Å². The summed E-state index contributed by atoms with van der Waals surface area (Å²) in [4.78, 5) is 0. The van der Waals surface area contributed by atoms with Crippen LogP contribution in [0.4, 0.5) is 13.2 Å². The standard InChI is InChI=1S/C17H14F3N3O/c18-17(19,20)13-6-2-3-7-14(13)23-11-21-22-16(23)10-9-12-5-1-4-8-15(12)24/h1-8,11,24H,9-10H2. The fourth-order valence-electron chi connectivity index (χ4n) is 2.52. The lowest BCUT2D eigenvalue weighted by molar-refractivity contribution is -0.137. The van der Waals surface area contributed by atoms with Gasteiger partial charge in [-0.25, -0.2) is 0 Å². The van der Waals surface area contributed by atoms with E-state index in [0.29, 0.717) is 24.2 Å². The maximum Gasteiger partial charge on any atom is 0.418 e. The highest BCUT2D eigenvalue weighted by atomic mass is 19.4. The lowest BCUT2D eigenvalue weighted by Gasteiger charge is -2.14. The van der Waals surface area contributed by atoms with Crippen molar-refractivity contribution in [1.29, 1.82) is 0 Å². The SMILES string of the molecule is Oc1ccccc1CCc1nncn1-c1ccccc1C(F)(F)F. The van der Waals surface area contributed by atoms with E-state index < -0.39 is 11.7 Å². The first-order chi connectivity index (χ1) is 11.5. The summed E-state index contributed by atoms with van der Waals surface area (Å²) in [5.74, 6) is 0.550. The summed E-state index contributed by atoms with van der Waals surface area (Å²) in [6.45, 7) is 0. The normalized spacial score (nSPS) is 11.6. The molecule has 4 nitrogen and oxygen atoms in total. The summed E-state index contributed by atoms with van der Waals surface area (Å²) in [5, 5.41) is 17.4. The topological polar surface area (TPSA) is 50.9 Å². The van der Waals surface area contributed by atoms with Crippen LogP contribution in [0.2, 0.25) is 0 Å². The summed E-state index contributed by atoms with van der Waals surface area (Å²) in [5.41, 5.74) is -0.0490. The highest BCUT2D eigenvalue weighted by Gasteiger charge is 2.34. The van der Waals surface area contributed by atoms with E-state index >= 15 is 0 Å². The molecule has 0 radical (unpaired) electrons. The zero-order chi connectivity index (χ0) is 17.2. The Morgan fingerprint density at radius 1 is 0.958 bits per heavy atom. The van der Waals surface area contributed by atoms with Crippen LogP contribution < -0.4 is 0 Å². The monoisotopic (exact) mass is 333 g/mol. The minimum absolute atomic E-state index is 0.0118. The van der Waals surface area contributed by atoms with E-state index in [9.17, 15) is 18.3 Å². The van der Waals surface area contributed by atoms with Gasteiger partial charge in [-0.1, -0.05) is 30.3 Å². The Labute approximate surface area is 136 Å². The summed E-state index contributed by atoms with van der Waals surface area (Å²) in [6, 6.07) is 12.1. The number of aryl methyl sites for hydroxylation is 2. The van der Waals surface area contributed by atoms with Crippen molar-refractivity contribution in [3.63, 3.8) is 0 Å². The Hall–Kier alpha value is -2.83. The van der Waals surface area contributed by atoms with Gasteiger partial charge in [0.05, 0.1) is 11.3 Å². The first kappa shape index (κ1) is 16.0. The van der Waals surface area contributed by atoms with E-state index in [0.717, 1.165) is 6.07 Å². The molecule has 0 aliphatic rings. The van der Waals surface area contributed by atoms with Crippen molar-refractivity contribution in [2.75, 3.05) is 0 Å². The van der Waals surface area contributed by atoms with E-state index in [-0.39, 0.29) is 11.4 Å². The van der Waals surface area contributed by atoms with Gasteiger partial charge in [0, 0.05) is 6.42 Å². The van der Waals surface area contributed by atoms with Crippen molar-refractivity contribution in [3.05, 3.63) is 71.8 Å². The number of phenolic OH excluding ortho intramolecular Hbond substituents is 1. The summed E-state index contributed by atoms with van der Waals surface area (Å²) < 4.78 is 40.9. The van der Waals surface area contributed by atoms with Crippen molar-refractivity contribution in [3.8, 4) is 11.4 Å². The van der Waals surface area contributed by atoms with Crippen LogP contribution in [0.3, 0.4) is 0 Å². The van der Waals surface area contributed by atoms with Crippen LogP contribution in [-0.4, -0.2) is 19.9 Å². The summed E-state index contributed by atoms with van der Waals surface area (Å²) in [6.07, 6.45) is -2.40. The van der Waals surface area contributed by atoms with E-state index in [1.165, 1.54) is 29.1 Å². The third kappa shape index (κ3) is 3.24. The fourth-order valence-corrected chi connectivity index (χ4v) is 2.52. The van der Waals surface area contributed by atoms with Crippen LogP contribution in [-0.2, 0) is 19.0 Å². The smallest absolute Gasteiger partial charge is 0.418 e. The molecule has 2 aromatic carbocycles. The number of phenols is 1. The summed E-state index contributed by atoms with van der Waals surface area (Å²) in [7, 11) is 0. The maximum absolute atomic E-state index is 13.2. The van der Waals surface area contributed by atoms with Gasteiger partial charge in [0.15, 0.2) is 0 Å². The molecular formula is C17H14F3N3O. The molecule has 0 unspecified atom stereocenters. The van der Waals surface area contributed by atoms with Gasteiger partial charge >= 0.3 is 6.18 Å². The van der Waals surface area contributed by atoms with Gasteiger partial charge < -0.3 is 5.11 Å². The van der Waals surface area contributed by atoms with Crippen molar-refractivity contribution in [1.82, 2.24) is 14.8 Å². The molecule has 0 aliphatic carbocycles. The Morgan fingerprint density at radius 3 is 2.42 bits per heavy atom.